The van der Waals surface area contributed by atoms with Gasteiger partial charge in [0, 0.05) is 12.3 Å². The summed E-state index contributed by atoms with van der Waals surface area (Å²) in [5, 5.41) is 4.67. The van der Waals surface area contributed by atoms with Crippen molar-refractivity contribution >= 4 is 0 Å². The molecule has 2 atom stereocenters. The van der Waals surface area contributed by atoms with E-state index in [-0.39, 0.29) is 0 Å². The van der Waals surface area contributed by atoms with Crippen LogP contribution in [0.1, 0.15) is 47.5 Å². The third-order valence-corrected chi connectivity index (χ3v) is 3.12. The van der Waals surface area contributed by atoms with Gasteiger partial charge in [0.15, 0.2) is 13.1 Å². The van der Waals surface area contributed by atoms with Gasteiger partial charge in [-0.1, -0.05) is 27.7 Å². The molecule has 0 saturated carbocycles. The molecule has 14 heavy (non-hydrogen) atoms. The van der Waals surface area contributed by atoms with Crippen LogP contribution in [-0.4, -0.2) is 23.8 Å². The number of hydrogen-bond donors (Lipinski definition) is 0. The van der Waals surface area contributed by atoms with Crippen molar-refractivity contribution < 1.29 is 4.70 Å². The van der Waals surface area contributed by atoms with E-state index in [0.717, 1.165) is 19.0 Å². The first kappa shape index (κ1) is 11.7. The minimum Gasteiger partial charge on any atom is -0.127 e. The van der Waals surface area contributed by atoms with E-state index >= 15 is 0 Å². The van der Waals surface area contributed by atoms with Gasteiger partial charge >= 0.3 is 0 Å². The molecule has 0 aromatic heterocycles. The first-order valence-corrected chi connectivity index (χ1v) is 5.89. The highest BCUT2D eigenvalue weighted by atomic mass is 15.3. The van der Waals surface area contributed by atoms with Crippen LogP contribution in [0, 0.1) is 11.3 Å². The molecule has 0 bridgehead atoms. The van der Waals surface area contributed by atoms with Crippen LogP contribution in [0.15, 0.2) is 5.11 Å². The molecule has 0 fully saturated rings. The molecule has 0 spiro atoms. The van der Waals surface area contributed by atoms with Crippen LogP contribution in [0.2, 0.25) is 0 Å². The molecular weight excluding hydrogens is 172 g/mol. The Bertz CT molecular complexity index is 213. The maximum Gasteiger partial charge on any atom is 0.171 e. The number of rotatable bonds is 2. The van der Waals surface area contributed by atoms with Crippen LogP contribution >= 0.6 is 0 Å². The van der Waals surface area contributed by atoms with Crippen LogP contribution in [0.4, 0.5) is 0 Å². The standard InChI is InChI=1S/C12H25N2/c1-6-7-14-9-11(12(3,4)5)8-10(2)13-14/h10-11H,6-9H2,1-5H3/q+1. The molecule has 2 heteroatoms. The van der Waals surface area contributed by atoms with E-state index < -0.39 is 0 Å². The second kappa shape index (κ2) is 4.41. The van der Waals surface area contributed by atoms with Crippen molar-refractivity contribution in [2.24, 2.45) is 16.4 Å². The second-order valence-electron chi connectivity index (χ2n) is 5.68. The quantitative estimate of drug-likeness (QED) is 0.604. The van der Waals surface area contributed by atoms with Gasteiger partial charge in [-0.05, 0) is 23.9 Å². The molecule has 0 N–H and O–H groups in total. The molecule has 82 valence electrons. The van der Waals surface area contributed by atoms with E-state index in [9.17, 15) is 0 Å². The molecule has 2 nitrogen and oxygen atoms in total. The third kappa shape index (κ3) is 3.07. The predicted molar refractivity (Wildman–Crippen MR) is 59.7 cm³/mol. The zero-order valence-corrected chi connectivity index (χ0v) is 10.4. The van der Waals surface area contributed by atoms with Crippen molar-refractivity contribution in [3.8, 4) is 0 Å². The molecule has 0 amide bonds. The minimum absolute atomic E-state index is 0.427. The molecule has 2 unspecified atom stereocenters. The fourth-order valence-electron chi connectivity index (χ4n) is 2.15. The average molecular weight is 197 g/mol. The van der Waals surface area contributed by atoms with E-state index in [0.29, 0.717) is 11.5 Å². The normalized spacial score (nSPS) is 28.8. The molecule has 0 aliphatic carbocycles. The van der Waals surface area contributed by atoms with Crippen LogP contribution in [-0.2, 0) is 0 Å². The Morgan fingerprint density at radius 2 is 2.00 bits per heavy atom. The topological polar surface area (TPSA) is 15.4 Å². The van der Waals surface area contributed by atoms with Crippen molar-refractivity contribution in [2.75, 3.05) is 13.1 Å². The van der Waals surface area contributed by atoms with E-state index in [1.807, 2.05) is 0 Å². The SMILES string of the molecule is CCC[N+]1=NC(C)CC(C(C)(C)C)C1. The van der Waals surface area contributed by atoms with Crippen LogP contribution in [0.5, 0.6) is 0 Å². The third-order valence-electron chi connectivity index (χ3n) is 3.12. The Morgan fingerprint density at radius 3 is 2.50 bits per heavy atom. The predicted octanol–water partition coefficient (Wildman–Crippen LogP) is 3.32. The lowest BCUT2D eigenvalue weighted by atomic mass is 9.76. The summed E-state index contributed by atoms with van der Waals surface area (Å²) < 4.78 is 2.28. The molecular formula is C12H25N2+. The summed E-state index contributed by atoms with van der Waals surface area (Å²) in [6.07, 6.45) is 2.46. The summed E-state index contributed by atoms with van der Waals surface area (Å²) in [7, 11) is 0. The van der Waals surface area contributed by atoms with Crippen molar-refractivity contribution in [1.82, 2.24) is 0 Å². The summed E-state index contributed by atoms with van der Waals surface area (Å²) in [5.74, 6) is 0.793. The van der Waals surface area contributed by atoms with Gasteiger partial charge in [0.2, 0.25) is 0 Å². The Kier molecular flexibility index (Phi) is 3.68. The Hall–Kier alpha value is -0.400. The van der Waals surface area contributed by atoms with Crippen LogP contribution in [0.3, 0.4) is 0 Å². The largest absolute Gasteiger partial charge is 0.171 e. The van der Waals surface area contributed by atoms with E-state index in [2.05, 4.69) is 44.4 Å². The zero-order chi connectivity index (χ0) is 10.8. The molecule has 1 heterocycles. The molecule has 0 aromatic carbocycles. The van der Waals surface area contributed by atoms with E-state index in [4.69, 9.17) is 0 Å². The van der Waals surface area contributed by atoms with Gasteiger partial charge in [-0.2, -0.15) is 0 Å². The van der Waals surface area contributed by atoms with Gasteiger partial charge in [-0.3, -0.25) is 0 Å². The van der Waals surface area contributed by atoms with Gasteiger partial charge in [0.05, 0.1) is 0 Å². The lowest BCUT2D eigenvalue weighted by Gasteiger charge is -2.31. The molecule has 0 saturated heterocycles. The van der Waals surface area contributed by atoms with Crippen molar-refractivity contribution in [3.05, 3.63) is 0 Å². The number of nitrogens with zero attached hydrogens (tertiary/aromatic N) is 2. The lowest BCUT2D eigenvalue weighted by Crippen LogP contribution is -2.36. The summed E-state index contributed by atoms with van der Waals surface area (Å²) in [6, 6.07) is 0.513. The summed E-state index contributed by atoms with van der Waals surface area (Å²) in [6.45, 7) is 13.8. The van der Waals surface area contributed by atoms with Crippen molar-refractivity contribution in [1.29, 1.82) is 0 Å². The number of hydrogen-bond acceptors (Lipinski definition) is 1. The molecule has 1 aliphatic rings. The molecule has 1 aliphatic heterocycles. The van der Waals surface area contributed by atoms with Gasteiger partial charge in [0.25, 0.3) is 0 Å². The monoisotopic (exact) mass is 197 g/mol. The minimum atomic E-state index is 0.427. The number of azo groups is 2. The highest BCUT2D eigenvalue weighted by Gasteiger charge is 2.34. The Morgan fingerprint density at radius 1 is 1.36 bits per heavy atom. The molecule has 1 rings (SSSR count). The first-order valence-electron chi connectivity index (χ1n) is 5.89. The maximum absolute atomic E-state index is 4.67. The summed E-state index contributed by atoms with van der Waals surface area (Å²) in [5.41, 5.74) is 0.427. The first-order chi connectivity index (χ1) is 6.43. The summed E-state index contributed by atoms with van der Waals surface area (Å²) in [4.78, 5) is 0. The van der Waals surface area contributed by atoms with Crippen molar-refractivity contribution in [3.63, 3.8) is 0 Å². The van der Waals surface area contributed by atoms with Crippen LogP contribution in [0.25, 0.3) is 0 Å². The van der Waals surface area contributed by atoms with Gasteiger partial charge in [-0.25, -0.2) is 0 Å². The van der Waals surface area contributed by atoms with Crippen molar-refractivity contribution in [2.45, 2.75) is 53.5 Å². The van der Waals surface area contributed by atoms with Gasteiger partial charge in [-0.15, -0.1) is 4.70 Å². The zero-order valence-electron chi connectivity index (χ0n) is 10.4. The lowest BCUT2D eigenvalue weighted by molar-refractivity contribution is -0.612. The van der Waals surface area contributed by atoms with Gasteiger partial charge < -0.3 is 0 Å². The molecule has 0 radical (unpaired) electrons. The highest BCUT2D eigenvalue weighted by Crippen LogP contribution is 2.32. The smallest absolute Gasteiger partial charge is 0.127 e. The fraction of sp³-hybridized carbons (Fsp3) is 1.00. The van der Waals surface area contributed by atoms with Gasteiger partial charge in [0.1, 0.15) is 6.04 Å². The van der Waals surface area contributed by atoms with E-state index in [1.54, 1.807) is 0 Å². The highest BCUT2D eigenvalue weighted by molar-refractivity contribution is 4.78. The Balaban J connectivity index is 2.66. The Labute approximate surface area is 88.4 Å². The fourth-order valence-corrected chi connectivity index (χ4v) is 2.15. The molecule has 0 aromatic rings. The van der Waals surface area contributed by atoms with E-state index in [1.165, 1.54) is 12.8 Å². The summed E-state index contributed by atoms with van der Waals surface area (Å²) >= 11 is 0. The maximum atomic E-state index is 4.67. The average Bonchev–Trinajstić information content (AvgIpc) is 2.02. The van der Waals surface area contributed by atoms with Crippen LogP contribution < -0.4 is 0 Å². The second-order valence-corrected chi connectivity index (χ2v) is 5.68.